The van der Waals surface area contributed by atoms with Crippen LogP contribution in [0.15, 0.2) is 23.0 Å². The Bertz CT molecular complexity index is 822. The maximum absolute atomic E-state index is 12.6. The highest BCUT2D eigenvalue weighted by Crippen LogP contribution is 2.24. The first-order valence-electron chi connectivity index (χ1n) is 7.93. The zero-order valence-electron chi connectivity index (χ0n) is 14.8. The third kappa shape index (κ3) is 3.43. The molecule has 1 heterocycles. The lowest BCUT2D eigenvalue weighted by Gasteiger charge is -2.20. The van der Waals surface area contributed by atoms with E-state index in [2.05, 4.69) is 0 Å². The van der Waals surface area contributed by atoms with Crippen LogP contribution in [-0.2, 0) is 0 Å². The number of carboxylic acids is 1. The molecule has 130 valence electrons. The quantitative estimate of drug-likeness (QED) is 0.880. The van der Waals surface area contributed by atoms with Crippen molar-refractivity contribution in [1.29, 1.82) is 0 Å². The minimum absolute atomic E-state index is 0.0340. The van der Waals surface area contributed by atoms with Gasteiger partial charge in [-0.05, 0) is 53.1 Å². The summed E-state index contributed by atoms with van der Waals surface area (Å²) in [5.41, 5.74) is 0.542. The number of pyridine rings is 1. The van der Waals surface area contributed by atoms with Crippen LogP contribution in [0.4, 0.5) is 0 Å². The maximum Gasteiger partial charge on any atom is 0.341 e. The van der Waals surface area contributed by atoms with Crippen molar-refractivity contribution in [2.45, 2.75) is 26.8 Å². The molecular formula is C18H24N2O4. The number of rotatable bonds is 6. The molecule has 6 heteroatoms. The van der Waals surface area contributed by atoms with Gasteiger partial charge in [0.1, 0.15) is 17.9 Å². The first-order valence-corrected chi connectivity index (χ1v) is 7.93. The Morgan fingerprint density at radius 1 is 1.33 bits per heavy atom. The third-order valence-electron chi connectivity index (χ3n) is 3.96. The zero-order valence-corrected chi connectivity index (χ0v) is 14.8. The molecule has 2 aromatic rings. The van der Waals surface area contributed by atoms with Crippen LogP contribution in [0.2, 0.25) is 0 Å². The van der Waals surface area contributed by atoms with Crippen LogP contribution in [0.3, 0.4) is 0 Å². The van der Waals surface area contributed by atoms with Crippen molar-refractivity contribution in [2.75, 3.05) is 27.2 Å². The van der Waals surface area contributed by atoms with Gasteiger partial charge in [-0.15, -0.1) is 0 Å². The molecule has 0 aliphatic carbocycles. The summed E-state index contributed by atoms with van der Waals surface area (Å²) in [6.07, 6.45) is 0. The number of aromatic carboxylic acids is 1. The lowest BCUT2D eigenvalue weighted by molar-refractivity contribution is 0.0693. The van der Waals surface area contributed by atoms with Crippen molar-refractivity contribution in [1.82, 2.24) is 9.47 Å². The van der Waals surface area contributed by atoms with Crippen LogP contribution in [0, 0.1) is 6.92 Å². The van der Waals surface area contributed by atoms with Gasteiger partial charge in [-0.1, -0.05) is 0 Å². The molecule has 1 aromatic carbocycles. The van der Waals surface area contributed by atoms with Gasteiger partial charge in [0, 0.05) is 18.3 Å². The molecule has 2 rings (SSSR count). The van der Waals surface area contributed by atoms with Crippen LogP contribution < -0.4 is 10.2 Å². The fourth-order valence-corrected chi connectivity index (χ4v) is 2.86. The highest BCUT2D eigenvalue weighted by Gasteiger charge is 2.20. The van der Waals surface area contributed by atoms with E-state index in [0.29, 0.717) is 23.4 Å². The number of ether oxygens (including phenoxy) is 1. The van der Waals surface area contributed by atoms with E-state index in [1.807, 2.05) is 49.5 Å². The number of hydrogen-bond acceptors (Lipinski definition) is 4. The van der Waals surface area contributed by atoms with Crippen LogP contribution in [-0.4, -0.2) is 47.8 Å². The third-order valence-corrected chi connectivity index (χ3v) is 3.96. The summed E-state index contributed by atoms with van der Waals surface area (Å²) in [6, 6.07) is 5.31. The first kappa shape index (κ1) is 18.0. The summed E-state index contributed by atoms with van der Waals surface area (Å²) in [5.74, 6) is -0.635. The molecule has 0 unspecified atom stereocenters. The summed E-state index contributed by atoms with van der Waals surface area (Å²) in [6.45, 7) is 6.84. The Kier molecular flexibility index (Phi) is 5.29. The van der Waals surface area contributed by atoms with Gasteiger partial charge in [0.25, 0.3) is 0 Å². The van der Waals surface area contributed by atoms with Gasteiger partial charge in [-0.2, -0.15) is 0 Å². The summed E-state index contributed by atoms with van der Waals surface area (Å²) < 4.78 is 7.55. The Labute approximate surface area is 141 Å². The van der Waals surface area contributed by atoms with Gasteiger partial charge < -0.3 is 19.3 Å². The van der Waals surface area contributed by atoms with Crippen molar-refractivity contribution >= 4 is 16.9 Å². The number of benzene rings is 1. The minimum atomic E-state index is -1.20. The fraction of sp³-hybridized carbons (Fsp3) is 0.444. The summed E-state index contributed by atoms with van der Waals surface area (Å²) in [7, 11) is 3.90. The molecule has 0 aliphatic heterocycles. The second-order valence-corrected chi connectivity index (χ2v) is 6.39. The summed E-state index contributed by atoms with van der Waals surface area (Å²) in [4.78, 5) is 26.2. The molecule has 0 saturated carbocycles. The Balaban J connectivity index is 2.62. The highest BCUT2D eigenvalue weighted by molar-refractivity contribution is 5.94. The molecule has 0 atom stereocenters. The van der Waals surface area contributed by atoms with Crippen LogP contribution in [0.1, 0.15) is 35.9 Å². The molecule has 6 nitrogen and oxygen atoms in total. The molecule has 0 fully saturated rings. The van der Waals surface area contributed by atoms with E-state index in [1.165, 1.54) is 0 Å². The van der Waals surface area contributed by atoms with Crippen LogP contribution >= 0.6 is 0 Å². The maximum atomic E-state index is 12.6. The first-order chi connectivity index (χ1) is 11.2. The van der Waals surface area contributed by atoms with E-state index < -0.39 is 11.4 Å². The molecule has 0 saturated heterocycles. The number of hydrogen-bond donors (Lipinski definition) is 1. The molecule has 1 aromatic heterocycles. The van der Waals surface area contributed by atoms with E-state index in [1.54, 1.807) is 13.0 Å². The molecule has 0 bridgehead atoms. The van der Waals surface area contributed by atoms with E-state index in [-0.39, 0.29) is 11.6 Å². The largest absolute Gasteiger partial charge is 0.492 e. The average Bonchev–Trinajstić information content (AvgIpc) is 2.46. The van der Waals surface area contributed by atoms with E-state index in [9.17, 15) is 14.7 Å². The second-order valence-electron chi connectivity index (χ2n) is 6.39. The second kappa shape index (κ2) is 7.05. The van der Waals surface area contributed by atoms with Crippen molar-refractivity contribution < 1.29 is 14.6 Å². The summed E-state index contributed by atoms with van der Waals surface area (Å²) >= 11 is 0. The summed E-state index contributed by atoms with van der Waals surface area (Å²) in [5, 5.41) is 9.80. The number of nitrogens with zero attached hydrogens (tertiary/aromatic N) is 2. The highest BCUT2D eigenvalue weighted by atomic mass is 16.5. The monoisotopic (exact) mass is 332 g/mol. The van der Waals surface area contributed by atoms with Crippen LogP contribution in [0.25, 0.3) is 10.9 Å². The van der Waals surface area contributed by atoms with Gasteiger partial charge in [-0.25, -0.2) is 4.79 Å². The van der Waals surface area contributed by atoms with Crippen molar-refractivity contribution in [2.24, 2.45) is 0 Å². The zero-order chi connectivity index (χ0) is 18.0. The molecule has 0 radical (unpaired) electrons. The van der Waals surface area contributed by atoms with Gasteiger partial charge in [0.15, 0.2) is 0 Å². The Morgan fingerprint density at radius 3 is 2.54 bits per heavy atom. The molecule has 0 amide bonds. The SMILES string of the molecule is Cc1c(C(=O)O)c(=O)c2cc(OCCN(C)C)ccc2n1C(C)C. The Hall–Kier alpha value is -2.34. The van der Waals surface area contributed by atoms with Gasteiger partial charge in [0.2, 0.25) is 5.43 Å². The molecular weight excluding hydrogens is 308 g/mol. The lowest BCUT2D eigenvalue weighted by atomic mass is 10.1. The smallest absolute Gasteiger partial charge is 0.341 e. The predicted octanol–water partition coefficient (Wildman–Crippen LogP) is 2.53. The Morgan fingerprint density at radius 2 is 2.00 bits per heavy atom. The molecule has 1 N–H and O–H groups in total. The molecule has 0 spiro atoms. The van der Waals surface area contributed by atoms with Crippen molar-refractivity contribution in [3.05, 3.63) is 39.7 Å². The fourth-order valence-electron chi connectivity index (χ4n) is 2.86. The van der Waals surface area contributed by atoms with Gasteiger partial charge >= 0.3 is 5.97 Å². The van der Waals surface area contributed by atoms with E-state index >= 15 is 0 Å². The normalized spacial score (nSPS) is 11.5. The number of likely N-dealkylation sites (N-methyl/N-ethyl adjacent to an activating group) is 1. The van der Waals surface area contributed by atoms with Gasteiger partial charge in [-0.3, -0.25) is 4.79 Å². The van der Waals surface area contributed by atoms with Crippen LogP contribution in [0.5, 0.6) is 5.75 Å². The minimum Gasteiger partial charge on any atom is -0.492 e. The number of aromatic nitrogens is 1. The topological polar surface area (TPSA) is 71.8 Å². The van der Waals surface area contributed by atoms with Crippen molar-refractivity contribution in [3.63, 3.8) is 0 Å². The van der Waals surface area contributed by atoms with E-state index in [0.717, 1.165) is 12.1 Å². The lowest BCUT2D eigenvalue weighted by Crippen LogP contribution is -2.23. The van der Waals surface area contributed by atoms with E-state index in [4.69, 9.17) is 4.74 Å². The average molecular weight is 332 g/mol. The predicted molar refractivity (Wildman–Crippen MR) is 94.3 cm³/mol. The number of carbonyl (C=O) groups is 1. The van der Waals surface area contributed by atoms with Crippen molar-refractivity contribution in [3.8, 4) is 5.75 Å². The standard InChI is InChI=1S/C18H24N2O4/c1-11(2)20-12(3)16(18(22)23)17(21)14-10-13(6-7-15(14)20)24-9-8-19(4)5/h6-7,10-11H,8-9H2,1-5H3,(H,22,23). The van der Waals surface area contributed by atoms with Gasteiger partial charge in [0.05, 0.1) is 10.9 Å². The number of carboxylic acid groups (broad SMARTS) is 1. The molecule has 0 aliphatic rings. The molecule has 24 heavy (non-hydrogen) atoms. The number of fused-ring (bicyclic) bond motifs is 1.